The highest BCUT2D eigenvalue weighted by Gasteiger charge is 2.16. The Kier molecular flexibility index (Phi) is 5.75. The molecule has 1 fully saturated rings. The van der Waals surface area contributed by atoms with Crippen molar-refractivity contribution in [1.82, 2.24) is 14.4 Å². The van der Waals surface area contributed by atoms with Crippen LogP contribution in [0.1, 0.15) is 12.0 Å². The predicted molar refractivity (Wildman–Crippen MR) is 114 cm³/mol. The van der Waals surface area contributed by atoms with E-state index in [2.05, 4.69) is 69.1 Å². The van der Waals surface area contributed by atoms with Crippen LogP contribution in [0.5, 0.6) is 0 Å². The molecule has 0 aliphatic carbocycles. The maximum atomic E-state index is 5.95. The van der Waals surface area contributed by atoms with Crippen molar-refractivity contribution in [3.8, 4) is 0 Å². The zero-order valence-corrected chi connectivity index (χ0v) is 16.1. The van der Waals surface area contributed by atoms with Crippen molar-refractivity contribution >= 4 is 16.6 Å². The van der Waals surface area contributed by atoms with Gasteiger partial charge in [-0.3, -0.25) is 0 Å². The van der Waals surface area contributed by atoms with E-state index in [0.717, 1.165) is 18.7 Å². The van der Waals surface area contributed by atoms with Crippen LogP contribution in [0, 0.1) is 0 Å². The summed E-state index contributed by atoms with van der Waals surface area (Å²) in [4.78, 5) is 5.21. The Bertz CT molecular complexity index is 847. The molecule has 0 unspecified atom stereocenters. The van der Waals surface area contributed by atoms with Gasteiger partial charge in [0.05, 0.1) is 5.52 Å². The number of rotatable bonds is 7. The summed E-state index contributed by atoms with van der Waals surface area (Å²) in [6, 6.07) is 19.2. The largest absolute Gasteiger partial charge is 0.399 e. The molecule has 3 aromatic rings. The topological polar surface area (TPSA) is 37.4 Å². The van der Waals surface area contributed by atoms with E-state index in [-0.39, 0.29) is 0 Å². The molecule has 0 radical (unpaired) electrons. The van der Waals surface area contributed by atoms with E-state index in [0.29, 0.717) is 0 Å². The fraction of sp³-hybridized carbons (Fsp3) is 0.391. The molecule has 1 saturated heterocycles. The second-order valence-electron chi connectivity index (χ2n) is 7.60. The molecule has 4 rings (SSSR count). The number of benzene rings is 2. The van der Waals surface area contributed by atoms with Crippen LogP contribution in [0.25, 0.3) is 10.9 Å². The number of hydrogen-bond acceptors (Lipinski definition) is 3. The van der Waals surface area contributed by atoms with Crippen molar-refractivity contribution in [2.45, 2.75) is 19.4 Å². The molecule has 1 aromatic heterocycles. The summed E-state index contributed by atoms with van der Waals surface area (Å²) >= 11 is 0. The third-order valence-electron chi connectivity index (χ3n) is 5.70. The fourth-order valence-corrected chi connectivity index (χ4v) is 4.03. The summed E-state index contributed by atoms with van der Waals surface area (Å²) in [5.74, 6) is 0. The lowest BCUT2D eigenvalue weighted by Gasteiger charge is -2.34. The van der Waals surface area contributed by atoms with Gasteiger partial charge in [0.2, 0.25) is 0 Å². The van der Waals surface area contributed by atoms with Gasteiger partial charge in [-0.1, -0.05) is 36.4 Å². The second-order valence-corrected chi connectivity index (χ2v) is 7.60. The van der Waals surface area contributed by atoms with Gasteiger partial charge in [-0.15, -0.1) is 0 Å². The zero-order chi connectivity index (χ0) is 18.5. The summed E-state index contributed by atoms with van der Waals surface area (Å²) < 4.78 is 2.34. The number of anilines is 1. The summed E-state index contributed by atoms with van der Waals surface area (Å²) in [7, 11) is 0. The molecule has 0 bridgehead atoms. The van der Waals surface area contributed by atoms with Crippen molar-refractivity contribution in [1.29, 1.82) is 0 Å². The first-order valence-electron chi connectivity index (χ1n) is 10.1. The lowest BCUT2D eigenvalue weighted by Crippen LogP contribution is -2.47. The standard InChI is InChI=1S/C23H30N4/c24-22-8-7-21-10-14-27(23(21)19-22)12-4-11-25-15-17-26(18-16-25)13-9-20-5-2-1-3-6-20/h1-3,5-8,10,14,19H,4,9,11-13,15-18,24H2. The number of nitrogen functional groups attached to an aromatic ring is 1. The number of nitrogens with two attached hydrogens (primary N) is 1. The van der Waals surface area contributed by atoms with Gasteiger partial charge in [0.25, 0.3) is 0 Å². The van der Waals surface area contributed by atoms with Crippen LogP contribution in [-0.4, -0.2) is 53.6 Å². The minimum Gasteiger partial charge on any atom is -0.399 e. The number of piperazine rings is 1. The maximum absolute atomic E-state index is 5.95. The Labute approximate surface area is 162 Å². The fourth-order valence-electron chi connectivity index (χ4n) is 4.03. The molecule has 2 aromatic carbocycles. The van der Waals surface area contributed by atoms with E-state index in [4.69, 9.17) is 5.73 Å². The minimum atomic E-state index is 0.842. The van der Waals surface area contributed by atoms with Crippen LogP contribution >= 0.6 is 0 Å². The first kappa shape index (κ1) is 18.1. The highest BCUT2D eigenvalue weighted by atomic mass is 15.3. The lowest BCUT2D eigenvalue weighted by atomic mass is 10.1. The Balaban J connectivity index is 1.19. The van der Waals surface area contributed by atoms with Gasteiger partial charge in [-0.2, -0.15) is 0 Å². The van der Waals surface area contributed by atoms with E-state index in [9.17, 15) is 0 Å². The predicted octanol–water partition coefficient (Wildman–Crippen LogP) is 3.47. The van der Waals surface area contributed by atoms with Gasteiger partial charge in [0.1, 0.15) is 0 Å². The second kappa shape index (κ2) is 8.59. The van der Waals surface area contributed by atoms with E-state index in [1.54, 1.807) is 0 Å². The number of nitrogens with zero attached hydrogens (tertiary/aromatic N) is 3. The van der Waals surface area contributed by atoms with Crippen LogP contribution in [-0.2, 0) is 13.0 Å². The van der Waals surface area contributed by atoms with Crippen molar-refractivity contribution in [2.24, 2.45) is 0 Å². The highest BCUT2D eigenvalue weighted by molar-refractivity contribution is 5.83. The molecule has 27 heavy (non-hydrogen) atoms. The normalized spacial score (nSPS) is 16.1. The SMILES string of the molecule is Nc1ccc2ccn(CCCN3CCN(CCc4ccccc4)CC3)c2c1. The molecule has 0 saturated carbocycles. The average molecular weight is 363 g/mol. The van der Waals surface area contributed by atoms with Crippen molar-refractivity contribution in [3.05, 3.63) is 66.4 Å². The van der Waals surface area contributed by atoms with Crippen molar-refractivity contribution in [2.75, 3.05) is 45.0 Å². The molecular weight excluding hydrogens is 332 g/mol. The van der Waals surface area contributed by atoms with Crippen LogP contribution in [0.4, 0.5) is 5.69 Å². The molecule has 4 nitrogen and oxygen atoms in total. The monoisotopic (exact) mass is 362 g/mol. The molecule has 2 heterocycles. The van der Waals surface area contributed by atoms with Gasteiger partial charge in [0.15, 0.2) is 0 Å². The van der Waals surface area contributed by atoms with Gasteiger partial charge in [-0.25, -0.2) is 0 Å². The summed E-state index contributed by atoms with van der Waals surface area (Å²) in [6.45, 7) is 8.16. The van der Waals surface area contributed by atoms with E-state index < -0.39 is 0 Å². The smallest absolute Gasteiger partial charge is 0.0500 e. The minimum absolute atomic E-state index is 0.842. The molecule has 142 valence electrons. The third-order valence-corrected chi connectivity index (χ3v) is 5.70. The van der Waals surface area contributed by atoms with Crippen LogP contribution in [0.15, 0.2) is 60.8 Å². The summed E-state index contributed by atoms with van der Waals surface area (Å²) in [5, 5.41) is 1.27. The van der Waals surface area contributed by atoms with Gasteiger partial charge < -0.3 is 20.1 Å². The zero-order valence-electron chi connectivity index (χ0n) is 16.1. The molecular formula is C23H30N4. The van der Waals surface area contributed by atoms with E-state index in [1.165, 1.54) is 62.2 Å². The van der Waals surface area contributed by atoms with Gasteiger partial charge in [-0.05, 0) is 48.5 Å². The van der Waals surface area contributed by atoms with Crippen LogP contribution < -0.4 is 5.73 Å². The Morgan fingerprint density at radius 3 is 2.30 bits per heavy atom. The van der Waals surface area contributed by atoms with Gasteiger partial charge in [0, 0.05) is 51.2 Å². The first-order valence-corrected chi connectivity index (χ1v) is 10.1. The average Bonchev–Trinajstić information content (AvgIpc) is 3.10. The Morgan fingerprint density at radius 1 is 0.778 bits per heavy atom. The Morgan fingerprint density at radius 2 is 1.52 bits per heavy atom. The lowest BCUT2D eigenvalue weighted by molar-refractivity contribution is 0.131. The maximum Gasteiger partial charge on any atom is 0.0500 e. The van der Waals surface area contributed by atoms with E-state index in [1.807, 2.05) is 6.07 Å². The molecule has 4 heteroatoms. The molecule has 0 atom stereocenters. The van der Waals surface area contributed by atoms with Crippen molar-refractivity contribution < 1.29 is 0 Å². The highest BCUT2D eigenvalue weighted by Crippen LogP contribution is 2.19. The van der Waals surface area contributed by atoms with Gasteiger partial charge >= 0.3 is 0 Å². The molecule has 0 amide bonds. The number of aryl methyl sites for hydroxylation is 1. The number of aromatic nitrogens is 1. The molecule has 1 aliphatic heterocycles. The third kappa shape index (κ3) is 4.71. The number of fused-ring (bicyclic) bond motifs is 1. The van der Waals surface area contributed by atoms with Crippen molar-refractivity contribution in [3.63, 3.8) is 0 Å². The number of hydrogen-bond donors (Lipinski definition) is 1. The molecule has 0 spiro atoms. The summed E-state index contributed by atoms with van der Waals surface area (Å²) in [6.07, 6.45) is 4.53. The van der Waals surface area contributed by atoms with Crippen LogP contribution in [0.2, 0.25) is 0 Å². The van der Waals surface area contributed by atoms with E-state index >= 15 is 0 Å². The molecule has 1 aliphatic rings. The molecule has 2 N–H and O–H groups in total. The summed E-state index contributed by atoms with van der Waals surface area (Å²) in [5.41, 5.74) is 9.48. The Hall–Kier alpha value is -2.30. The quantitative estimate of drug-likeness (QED) is 0.654. The first-order chi connectivity index (χ1) is 13.3. The van der Waals surface area contributed by atoms with Crippen LogP contribution in [0.3, 0.4) is 0 Å².